The first kappa shape index (κ1) is 15.4. The summed E-state index contributed by atoms with van der Waals surface area (Å²) in [5.41, 5.74) is 6.70. The molecule has 0 aliphatic heterocycles. The maximum absolute atomic E-state index is 5.62. The highest BCUT2D eigenvalue weighted by atomic mass is 32.1. The number of rotatable bonds is 10. The summed E-state index contributed by atoms with van der Waals surface area (Å²) in [6.45, 7) is 4.51. The van der Waals surface area contributed by atoms with Crippen LogP contribution in [0.25, 0.3) is 0 Å². The molecule has 0 atom stereocenters. The molecule has 104 valence electrons. The minimum absolute atomic E-state index is 0.646. The van der Waals surface area contributed by atoms with Gasteiger partial charge in [0, 0.05) is 52.3 Å². The number of hydrogen-bond donors (Lipinski definition) is 1. The lowest BCUT2D eigenvalue weighted by Crippen LogP contribution is -2.31. The molecule has 0 bridgehead atoms. The molecule has 0 saturated carbocycles. The second-order valence-electron chi connectivity index (χ2n) is 4.11. The van der Waals surface area contributed by atoms with Crippen LogP contribution in [0.2, 0.25) is 0 Å². The molecule has 0 amide bonds. The number of anilines is 1. The van der Waals surface area contributed by atoms with Crippen LogP contribution in [0.3, 0.4) is 0 Å². The van der Waals surface area contributed by atoms with E-state index in [1.807, 2.05) is 5.38 Å². The molecule has 0 fully saturated rings. The third kappa shape index (κ3) is 6.30. The van der Waals surface area contributed by atoms with Crippen molar-refractivity contribution in [2.45, 2.75) is 12.8 Å². The van der Waals surface area contributed by atoms with Gasteiger partial charge in [-0.05, 0) is 6.42 Å². The van der Waals surface area contributed by atoms with Gasteiger partial charge in [-0.1, -0.05) is 0 Å². The maximum atomic E-state index is 5.62. The molecular weight excluding hydrogens is 250 g/mol. The highest BCUT2D eigenvalue weighted by Crippen LogP contribution is 2.11. The van der Waals surface area contributed by atoms with Gasteiger partial charge in [0.2, 0.25) is 0 Å². The van der Waals surface area contributed by atoms with Gasteiger partial charge < -0.3 is 20.1 Å². The lowest BCUT2D eigenvalue weighted by atomic mass is 10.3. The van der Waals surface area contributed by atoms with Crippen molar-refractivity contribution in [3.63, 3.8) is 0 Å². The van der Waals surface area contributed by atoms with Crippen LogP contribution in [0.1, 0.15) is 12.1 Å². The first-order valence-electron chi connectivity index (χ1n) is 6.16. The van der Waals surface area contributed by atoms with Crippen LogP contribution in [0.4, 0.5) is 5.13 Å². The average Bonchev–Trinajstić information content (AvgIpc) is 2.78. The predicted octanol–water partition coefficient (Wildman–Crippen LogP) is 1.25. The molecule has 0 aliphatic rings. The molecule has 0 spiro atoms. The minimum Gasteiger partial charge on any atom is -0.385 e. The number of thiazole rings is 1. The van der Waals surface area contributed by atoms with Gasteiger partial charge in [-0.2, -0.15) is 0 Å². The molecular formula is C12H23N3O2S. The molecule has 0 saturated heterocycles. The second-order valence-corrected chi connectivity index (χ2v) is 5.00. The zero-order valence-electron chi connectivity index (χ0n) is 11.2. The number of hydrogen-bond acceptors (Lipinski definition) is 6. The molecule has 0 aromatic carbocycles. The fraction of sp³-hybridized carbons (Fsp3) is 0.750. The Morgan fingerprint density at radius 2 is 2.00 bits per heavy atom. The SMILES string of the molecule is COCCCN(CCOC)CCc1csc(N)n1. The van der Waals surface area contributed by atoms with Gasteiger partial charge in [-0.15, -0.1) is 11.3 Å². The van der Waals surface area contributed by atoms with E-state index in [1.54, 1.807) is 14.2 Å². The first-order valence-corrected chi connectivity index (χ1v) is 7.04. The van der Waals surface area contributed by atoms with Crippen molar-refractivity contribution in [2.24, 2.45) is 0 Å². The highest BCUT2D eigenvalue weighted by molar-refractivity contribution is 7.13. The van der Waals surface area contributed by atoms with E-state index >= 15 is 0 Å². The Hall–Kier alpha value is -0.690. The van der Waals surface area contributed by atoms with Crippen molar-refractivity contribution in [2.75, 3.05) is 52.8 Å². The smallest absolute Gasteiger partial charge is 0.180 e. The zero-order chi connectivity index (χ0) is 13.2. The summed E-state index contributed by atoms with van der Waals surface area (Å²) in [6.07, 6.45) is 1.98. The molecule has 1 rings (SSSR count). The van der Waals surface area contributed by atoms with Crippen molar-refractivity contribution in [3.05, 3.63) is 11.1 Å². The van der Waals surface area contributed by atoms with Gasteiger partial charge in [-0.3, -0.25) is 0 Å². The Morgan fingerprint density at radius 1 is 1.22 bits per heavy atom. The van der Waals surface area contributed by atoms with Crippen LogP contribution < -0.4 is 5.73 Å². The van der Waals surface area contributed by atoms with E-state index in [9.17, 15) is 0 Å². The molecule has 2 N–H and O–H groups in total. The van der Waals surface area contributed by atoms with E-state index < -0.39 is 0 Å². The van der Waals surface area contributed by atoms with Crippen molar-refractivity contribution in [1.82, 2.24) is 9.88 Å². The molecule has 0 unspecified atom stereocenters. The third-order valence-electron chi connectivity index (χ3n) is 2.69. The van der Waals surface area contributed by atoms with Crippen molar-refractivity contribution < 1.29 is 9.47 Å². The number of nitrogen functional groups attached to an aromatic ring is 1. The molecule has 0 radical (unpaired) electrons. The quantitative estimate of drug-likeness (QED) is 0.650. The lowest BCUT2D eigenvalue weighted by Gasteiger charge is -2.21. The summed E-state index contributed by atoms with van der Waals surface area (Å²) < 4.78 is 10.2. The van der Waals surface area contributed by atoms with Crippen LogP contribution in [0.5, 0.6) is 0 Å². The summed E-state index contributed by atoms with van der Waals surface area (Å²) in [5, 5.41) is 2.67. The van der Waals surface area contributed by atoms with Gasteiger partial charge in [0.15, 0.2) is 5.13 Å². The predicted molar refractivity (Wildman–Crippen MR) is 75.0 cm³/mol. The van der Waals surface area contributed by atoms with Gasteiger partial charge in [0.05, 0.1) is 12.3 Å². The standard InChI is InChI=1S/C12H23N3O2S/c1-16-8-3-5-15(7-9-17-2)6-4-11-10-18-12(13)14-11/h10H,3-9H2,1-2H3,(H2,13,14). The summed E-state index contributed by atoms with van der Waals surface area (Å²) in [6, 6.07) is 0. The Labute approximate surface area is 113 Å². The lowest BCUT2D eigenvalue weighted by molar-refractivity contribution is 0.133. The average molecular weight is 273 g/mol. The number of methoxy groups -OCH3 is 2. The molecule has 18 heavy (non-hydrogen) atoms. The normalized spacial score (nSPS) is 11.3. The molecule has 0 aliphatic carbocycles. The van der Waals surface area contributed by atoms with Gasteiger partial charge in [-0.25, -0.2) is 4.98 Å². The van der Waals surface area contributed by atoms with Gasteiger partial charge >= 0.3 is 0 Å². The van der Waals surface area contributed by atoms with E-state index in [4.69, 9.17) is 15.2 Å². The molecule has 5 nitrogen and oxygen atoms in total. The number of nitrogens with two attached hydrogens (primary N) is 1. The monoisotopic (exact) mass is 273 g/mol. The Kier molecular flexibility index (Phi) is 7.91. The molecule has 1 aromatic heterocycles. The van der Waals surface area contributed by atoms with Crippen LogP contribution in [-0.4, -0.2) is 57.0 Å². The topological polar surface area (TPSA) is 60.6 Å². The Balaban J connectivity index is 2.29. The fourth-order valence-electron chi connectivity index (χ4n) is 1.70. The van der Waals surface area contributed by atoms with E-state index in [2.05, 4.69) is 9.88 Å². The van der Waals surface area contributed by atoms with E-state index in [0.717, 1.165) is 51.4 Å². The second kappa shape index (κ2) is 9.27. The van der Waals surface area contributed by atoms with E-state index in [0.29, 0.717) is 5.13 Å². The highest BCUT2D eigenvalue weighted by Gasteiger charge is 2.06. The number of ether oxygens (including phenoxy) is 2. The van der Waals surface area contributed by atoms with Gasteiger partial charge in [0.1, 0.15) is 0 Å². The Morgan fingerprint density at radius 3 is 2.61 bits per heavy atom. The summed E-state index contributed by atoms with van der Waals surface area (Å²) in [4.78, 5) is 6.65. The minimum atomic E-state index is 0.646. The molecule has 6 heteroatoms. The summed E-state index contributed by atoms with van der Waals surface area (Å²) >= 11 is 1.50. The molecule has 1 aromatic rings. The Bertz CT molecular complexity index is 320. The van der Waals surface area contributed by atoms with Crippen molar-refractivity contribution in [1.29, 1.82) is 0 Å². The number of nitrogens with zero attached hydrogens (tertiary/aromatic N) is 2. The van der Waals surface area contributed by atoms with Crippen molar-refractivity contribution >= 4 is 16.5 Å². The number of aromatic nitrogens is 1. The van der Waals surface area contributed by atoms with Crippen LogP contribution in [0.15, 0.2) is 5.38 Å². The third-order valence-corrected chi connectivity index (χ3v) is 3.41. The summed E-state index contributed by atoms with van der Waals surface area (Å²) in [7, 11) is 3.46. The van der Waals surface area contributed by atoms with E-state index in [-0.39, 0.29) is 0 Å². The van der Waals surface area contributed by atoms with E-state index in [1.165, 1.54) is 11.3 Å². The summed E-state index contributed by atoms with van der Waals surface area (Å²) in [5.74, 6) is 0. The van der Waals surface area contributed by atoms with Crippen LogP contribution in [0, 0.1) is 0 Å². The van der Waals surface area contributed by atoms with Crippen LogP contribution >= 0.6 is 11.3 Å². The van der Waals surface area contributed by atoms with Gasteiger partial charge in [0.25, 0.3) is 0 Å². The zero-order valence-corrected chi connectivity index (χ0v) is 12.0. The van der Waals surface area contributed by atoms with Crippen molar-refractivity contribution in [3.8, 4) is 0 Å². The first-order chi connectivity index (χ1) is 8.76. The van der Waals surface area contributed by atoms with Crippen LogP contribution in [-0.2, 0) is 15.9 Å². The largest absolute Gasteiger partial charge is 0.385 e. The fourth-order valence-corrected chi connectivity index (χ4v) is 2.30. The maximum Gasteiger partial charge on any atom is 0.180 e. The molecule has 1 heterocycles.